The van der Waals surface area contributed by atoms with E-state index < -0.39 is 0 Å². The Kier molecular flexibility index (Phi) is 20.4. The van der Waals surface area contributed by atoms with Gasteiger partial charge in [0.15, 0.2) is 5.70 Å². The molecule has 6 aromatic rings. The molecule has 66 heavy (non-hydrogen) atoms. The summed E-state index contributed by atoms with van der Waals surface area (Å²) >= 11 is 1.23. The van der Waals surface area contributed by atoms with Gasteiger partial charge in [-0.05, 0) is 103 Å². The molecule has 0 bridgehead atoms. The molecule has 1 aromatic heterocycles. The molecule has 0 radical (unpaired) electrons. The summed E-state index contributed by atoms with van der Waals surface area (Å²) in [5.74, 6) is 3.30. The summed E-state index contributed by atoms with van der Waals surface area (Å²) in [6.07, 6.45) is 20.1. The average Bonchev–Trinajstić information content (AvgIpc) is 3.84. The van der Waals surface area contributed by atoms with Crippen LogP contribution in [0.15, 0.2) is 96.7 Å². The number of fused-ring (bicyclic) bond motifs is 1. The molecule has 1 heterocycles. The van der Waals surface area contributed by atoms with Crippen LogP contribution in [0, 0.1) is 6.57 Å². The molecule has 0 saturated heterocycles. The third-order valence-electron chi connectivity index (χ3n) is 12.0. The second-order valence-electron chi connectivity index (χ2n) is 17.4. The predicted octanol–water partition coefficient (Wildman–Crippen LogP) is 17.5. The Morgan fingerprint density at radius 1 is 0.470 bits per heavy atom. The number of allylic oxidation sites excluding steroid dienone is 1. The van der Waals surface area contributed by atoms with Crippen LogP contribution in [0.2, 0.25) is 0 Å². The normalized spacial score (nSPS) is 11.5. The summed E-state index contributed by atoms with van der Waals surface area (Å²) in [5, 5.41) is 0. The van der Waals surface area contributed by atoms with Crippen LogP contribution in [-0.4, -0.2) is 35.2 Å². The van der Waals surface area contributed by atoms with Crippen LogP contribution in [0.25, 0.3) is 66.5 Å². The van der Waals surface area contributed by atoms with E-state index in [2.05, 4.69) is 124 Å². The summed E-state index contributed by atoms with van der Waals surface area (Å²) in [6.45, 7) is 20.8. The van der Waals surface area contributed by atoms with E-state index >= 15 is 0 Å². The van der Waals surface area contributed by atoms with E-state index in [-0.39, 0.29) is 0 Å². The minimum atomic E-state index is 0.637. The molecular formula is C58H71N3O4S. The number of unbranched alkanes of at least 4 members (excludes halogenated alkanes) is 12. The summed E-state index contributed by atoms with van der Waals surface area (Å²) in [7, 11) is 0. The minimum Gasteiger partial charge on any atom is -0.493 e. The SMILES string of the molecule is [C-]#[N+]/C(C)=C\c1ccc(-c2ccc(-c3cc(-c4ccc(OCCCCCC)cc4OCCCCCC)cc(-c4ccc(OCCCCCC)cc4OCCCCCC)c3)c3nsnc23)cc1. The number of hydrogen-bond donors (Lipinski definition) is 0. The molecule has 0 saturated carbocycles. The van der Waals surface area contributed by atoms with Crippen molar-refractivity contribution in [1.29, 1.82) is 0 Å². The number of nitrogens with zero attached hydrogens (tertiary/aromatic N) is 3. The molecule has 5 aromatic carbocycles. The monoisotopic (exact) mass is 906 g/mol. The highest BCUT2D eigenvalue weighted by atomic mass is 32.1. The van der Waals surface area contributed by atoms with E-state index in [1.807, 2.05) is 13.0 Å². The molecule has 0 amide bonds. The van der Waals surface area contributed by atoms with Crippen molar-refractivity contribution in [1.82, 2.24) is 8.75 Å². The van der Waals surface area contributed by atoms with E-state index in [0.29, 0.717) is 32.1 Å². The van der Waals surface area contributed by atoms with Gasteiger partial charge in [-0.25, -0.2) is 4.85 Å². The Morgan fingerprint density at radius 2 is 0.864 bits per heavy atom. The smallest absolute Gasteiger partial charge is 0.163 e. The standard InChI is InChI=1S/C58H71N3O4S/c1-7-11-15-19-33-62-49-27-29-51(55(41-49)64-35-21-17-13-9-3)46-38-47(52-30-28-50(63-34-20-16-12-8-2)42-56(52)65-36-22-18-14-10-4)40-48(39-46)54-32-31-53(57-58(54)61-66-60-57)45-25-23-44(24-26-45)37-43(5)59-6/h23-32,37-42H,7-22,33-36H2,1-5H3/b43-37-. The van der Waals surface area contributed by atoms with Gasteiger partial charge in [0.2, 0.25) is 0 Å². The van der Waals surface area contributed by atoms with Crippen molar-refractivity contribution in [3.05, 3.63) is 114 Å². The summed E-state index contributed by atoms with van der Waals surface area (Å²) in [4.78, 5) is 3.56. The third kappa shape index (κ3) is 14.4. The van der Waals surface area contributed by atoms with Crippen molar-refractivity contribution >= 4 is 28.8 Å². The molecule has 0 atom stereocenters. The lowest BCUT2D eigenvalue weighted by Crippen LogP contribution is -2.02. The first-order valence-corrected chi connectivity index (χ1v) is 25.6. The maximum absolute atomic E-state index is 7.35. The summed E-state index contributed by atoms with van der Waals surface area (Å²) < 4.78 is 35.9. The van der Waals surface area contributed by atoms with E-state index in [4.69, 9.17) is 34.3 Å². The Balaban J connectivity index is 1.47. The molecule has 8 heteroatoms. The molecule has 0 aliphatic carbocycles. The van der Waals surface area contributed by atoms with Crippen molar-refractivity contribution in [2.45, 2.75) is 137 Å². The minimum absolute atomic E-state index is 0.637. The van der Waals surface area contributed by atoms with Crippen LogP contribution in [0.1, 0.15) is 143 Å². The molecular weight excluding hydrogens is 835 g/mol. The predicted molar refractivity (Wildman–Crippen MR) is 278 cm³/mol. The van der Waals surface area contributed by atoms with Crippen LogP contribution in [0.3, 0.4) is 0 Å². The van der Waals surface area contributed by atoms with Gasteiger partial charge >= 0.3 is 0 Å². The summed E-state index contributed by atoms with van der Waals surface area (Å²) in [6, 6.07) is 32.1. The van der Waals surface area contributed by atoms with Crippen LogP contribution < -0.4 is 18.9 Å². The quantitative estimate of drug-likeness (QED) is 0.0345. The number of ether oxygens (including phenoxy) is 4. The lowest BCUT2D eigenvalue weighted by atomic mass is 9.91. The number of benzene rings is 5. The van der Waals surface area contributed by atoms with Gasteiger partial charge in [-0.1, -0.05) is 147 Å². The second-order valence-corrected chi connectivity index (χ2v) is 17.9. The fourth-order valence-electron chi connectivity index (χ4n) is 8.22. The van der Waals surface area contributed by atoms with Crippen molar-refractivity contribution in [3.8, 4) is 67.5 Å². The van der Waals surface area contributed by atoms with Crippen LogP contribution in [0.5, 0.6) is 23.0 Å². The van der Waals surface area contributed by atoms with Gasteiger partial charge in [-0.15, -0.1) is 0 Å². The van der Waals surface area contributed by atoms with Gasteiger partial charge in [0.05, 0.1) is 44.7 Å². The molecule has 348 valence electrons. The second kappa shape index (κ2) is 27.1. The highest BCUT2D eigenvalue weighted by Crippen LogP contribution is 2.43. The first-order chi connectivity index (χ1) is 32.5. The average molecular weight is 906 g/mol. The van der Waals surface area contributed by atoms with Gasteiger partial charge in [0.1, 0.15) is 34.0 Å². The Bertz CT molecular complexity index is 2390. The highest BCUT2D eigenvalue weighted by Gasteiger charge is 2.19. The molecule has 0 aliphatic rings. The van der Waals surface area contributed by atoms with E-state index in [0.717, 1.165) is 135 Å². The van der Waals surface area contributed by atoms with Crippen LogP contribution in [-0.2, 0) is 0 Å². The summed E-state index contributed by atoms with van der Waals surface area (Å²) in [5.41, 5.74) is 11.5. The molecule has 0 fully saturated rings. The van der Waals surface area contributed by atoms with Gasteiger partial charge in [0, 0.05) is 34.4 Å². The van der Waals surface area contributed by atoms with E-state index in [1.165, 1.54) is 63.1 Å². The van der Waals surface area contributed by atoms with Gasteiger partial charge < -0.3 is 18.9 Å². The molecule has 0 N–H and O–H groups in total. The number of hydrogen-bond acceptors (Lipinski definition) is 7. The maximum Gasteiger partial charge on any atom is 0.163 e. The molecule has 0 unspecified atom stereocenters. The van der Waals surface area contributed by atoms with Crippen molar-refractivity contribution < 1.29 is 18.9 Å². The first kappa shape index (κ1) is 49.8. The van der Waals surface area contributed by atoms with E-state index in [1.54, 1.807) is 0 Å². The van der Waals surface area contributed by atoms with Gasteiger partial charge in [0.25, 0.3) is 0 Å². The Hall–Kier alpha value is -5.65. The molecule has 6 rings (SSSR count). The molecule has 0 aliphatic heterocycles. The fraction of sp³-hybridized carbons (Fsp3) is 0.431. The third-order valence-corrected chi connectivity index (χ3v) is 12.5. The lowest BCUT2D eigenvalue weighted by Gasteiger charge is -2.18. The van der Waals surface area contributed by atoms with E-state index in [9.17, 15) is 0 Å². The number of aromatic nitrogens is 2. The lowest BCUT2D eigenvalue weighted by molar-refractivity contribution is 0.291. The molecule has 7 nitrogen and oxygen atoms in total. The first-order valence-electron chi connectivity index (χ1n) is 24.8. The van der Waals surface area contributed by atoms with Crippen LogP contribution >= 0.6 is 11.7 Å². The zero-order chi connectivity index (χ0) is 46.4. The van der Waals surface area contributed by atoms with Gasteiger partial charge in [-0.2, -0.15) is 8.75 Å². The van der Waals surface area contributed by atoms with Crippen LogP contribution in [0.4, 0.5) is 0 Å². The molecule has 0 spiro atoms. The fourth-order valence-corrected chi connectivity index (χ4v) is 8.79. The van der Waals surface area contributed by atoms with Gasteiger partial charge in [-0.3, -0.25) is 0 Å². The number of rotatable bonds is 29. The maximum atomic E-state index is 7.35. The Morgan fingerprint density at radius 3 is 1.29 bits per heavy atom. The van der Waals surface area contributed by atoms with Crippen molar-refractivity contribution in [2.75, 3.05) is 26.4 Å². The topological polar surface area (TPSA) is 67.1 Å². The zero-order valence-corrected chi connectivity index (χ0v) is 41.1. The van der Waals surface area contributed by atoms with Crippen molar-refractivity contribution in [3.63, 3.8) is 0 Å². The Labute approximate surface area is 399 Å². The largest absolute Gasteiger partial charge is 0.493 e. The highest BCUT2D eigenvalue weighted by molar-refractivity contribution is 7.00. The van der Waals surface area contributed by atoms with Crippen molar-refractivity contribution in [2.24, 2.45) is 0 Å². The zero-order valence-electron chi connectivity index (χ0n) is 40.3.